The molecule has 5 heteroatoms. The van der Waals surface area contributed by atoms with Crippen LogP contribution in [0.5, 0.6) is 0 Å². The molecule has 4 nitrogen and oxygen atoms in total. The molecule has 0 bridgehead atoms. The minimum atomic E-state index is -0.265. The molecule has 0 saturated carbocycles. The Hall–Kier alpha value is -1.81. The van der Waals surface area contributed by atoms with Gasteiger partial charge >= 0.3 is 0 Å². The molecule has 0 radical (unpaired) electrons. The Bertz CT molecular complexity index is 562. The van der Waals surface area contributed by atoms with Crippen LogP contribution in [0.25, 0.3) is 0 Å². The number of hydrogen-bond acceptors (Lipinski definition) is 3. The molecule has 0 heterocycles. The van der Waals surface area contributed by atoms with Crippen molar-refractivity contribution in [1.82, 2.24) is 10.9 Å². The maximum Gasteiger partial charge on any atom is 0.269 e. The van der Waals surface area contributed by atoms with Gasteiger partial charge in [-0.15, -0.1) is 0 Å². The fourth-order valence-electron chi connectivity index (χ4n) is 2.24. The molecule has 1 amide bonds. The SMILES string of the molecule is CC1(C)CC(=O)C=C(NNC(=O)c2ccc(Cl)cc2)C1. The first-order valence-electron chi connectivity index (χ1n) is 6.41. The number of carbonyl (C=O) groups is 2. The van der Waals surface area contributed by atoms with Gasteiger partial charge in [-0.2, -0.15) is 0 Å². The van der Waals surface area contributed by atoms with E-state index < -0.39 is 0 Å². The van der Waals surface area contributed by atoms with E-state index in [1.54, 1.807) is 30.3 Å². The fourth-order valence-corrected chi connectivity index (χ4v) is 2.36. The Balaban J connectivity index is 1.97. The molecule has 0 fully saturated rings. The molecule has 1 aromatic rings. The summed E-state index contributed by atoms with van der Waals surface area (Å²) in [6.45, 7) is 4.06. The Labute approximate surface area is 123 Å². The summed E-state index contributed by atoms with van der Waals surface area (Å²) in [6.07, 6.45) is 2.80. The van der Waals surface area contributed by atoms with Crippen molar-refractivity contribution in [3.8, 4) is 0 Å². The number of ketones is 1. The van der Waals surface area contributed by atoms with Gasteiger partial charge in [-0.1, -0.05) is 25.4 Å². The average molecular weight is 293 g/mol. The van der Waals surface area contributed by atoms with Crippen LogP contribution in [0.1, 0.15) is 37.0 Å². The van der Waals surface area contributed by atoms with E-state index in [1.165, 1.54) is 0 Å². The largest absolute Gasteiger partial charge is 0.302 e. The van der Waals surface area contributed by atoms with E-state index in [1.807, 2.05) is 13.8 Å². The second-order valence-corrected chi connectivity index (χ2v) is 6.18. The van der Waals surface area contributed by atoms with E-state index in [-0.39, 0.29) is 17.1 Å². The summed E-state index contributed by atoms with van der Waals surface area (Å²) in [5, 5.41) is 0.580. The first-order chi connectivity index (χ1) is 9.35. The Morgan fingerprint density at radius 2 is 1.85 bits per heavy atom. The molecule has 0 atom stereocenters. The van der Waals surface area contributed by atoms with E-state index in [0.717, 1.165) is 12.1 Å². The highest BCUT2D eigenvalue weighted by Crippen LogP contribution is 2.32. The lowest BCUT2D eigenvalue weighted by molar-refractivity contribution is -0.117. The van der Waals surface area contributed by atoms with Crippen molar-refractivity contribution < 1.29 is 9.59 Å². The number of rotatable bonds is 3. The number of benzene rings is 1. The van der Waals surface area contributed by atoms with Crippen LogP contribution in [-0.2, 0) is 4.79 Å². The topological polar surface area (TPSA) is 58.2 Å². The van der Waals surface area contributed by atoms with Gasteiger partial charge in [-0.05, 0) is 36.1 Å². The molecule has 20 heavy (non-hydrogen) atoms. The van der Waals surface area contributed by atoms with Crippen molar-refractivity contribution in [3.05, 3.63) is 46.6 Å². The third-order valence-corrected chi connectivity index (χ3v) is 3.35. The molecular weight excluding hydrogens is 276 g/mol. The third-order valence-electron chi connectivity index (χ3n) is 3.10. The van der Waals surface area contributed by atoms with Gasteiger partial charge in [0.15, 0.2) is 5.78 Å². The van der Waals surface area contributed by atoms with Gasteiger partial charge in [0.1, 0.15) is 0 Å². The zero-order valence-electron chi connectivity index (χ0n) is 11.5. The Morgan fingerprint density at radius 1 is 1.20 bits per heavy atom. The molecular formula is C15H17ClN2O2. The number of allylic oxidation sites excluding steroid dienone is 2. The van der Waals surface area contributed by atoms with Crippen LogP contribution in [-0.4, -0.2) is 11.7 Å². The maximum atomic E-state index is 11.9. The summed E-state index contributed by atoms with van der Waals surface area (Å²) in [7, 11) is 0. The van der Waals surface area contributed by atoms with Gasteiger partial charge in [-0.25, -0.2) is 0 Å². The van der Waals surface area contributed by atoms with Crippen molar-refractivity contribution in [2.75, 3.05) is 0 Å². The van der Waals surface area contributed by atoms with Gasteiger partial charge in [0.05, 0.1) is 0 Å². The second-order valence-electron chi connectivity index (χ2n) is 5.74. The zero-order valence-corrected chi connectivity index (χ0v) is 12.3. The standard InChI is InChI=1S/C15H17ClN2O2/c1-15(2)8-12(7-13(19)9-15)17-18-14(20)10-3-5-11(16)6-4-10/h3-7,17H,8-9H2,1-2H3,(H,18,20). The monoisotopic (exact) mass is 292 g/mol. The highest BCUT2D eigenvalue weighted by atomic mass is 35.5. The summed E-state index contributed by atoms with van der Waals surface area (Å²) in [5.74, 6) is -0.192. The number of nitrogens with one attached hydrogen (secondary N) is 2. The van der Waals surface area contributed by atoms with Crippen molar-refractivity contribution >= 4 is 23.3 Å². The predicted molar refractivity (Wildman–Crippen MR) is 78.2 cm³/mol. The van der Waals surface area contributed by atoms with Crippen molar-refractivity contribution in [3.63, 3.8) is 0 Å². The summed E-state index contributed by atoms with van der Waals surface area (Å²) in [4.78, 5) is 23.5. The molecule has 0 aliphatic heterocycles. The summed E-state index contributed by atoms with van der Waals surface area (Å²) >= 11 is 5.77. The van der Waals surface area contributed by atoms with E-state index in [4.69, 9.17) is 11.6 Å². The normalized spacial score (nSPS) is 17.4. The van der Waals surface area contributed by atoms with Crippen molar-refractivity contribution in [2.24, 2.45) is 5.41 Å². The molecule has 1 aliphatic rings. The Morgan fingerprint density at radius 3 is 2.45 bits per heavy atom. The molecule has 0 unspecified atom stereocenters. The smallest absolute Gasteiger partial charge is 0.269 e. The number of amides is 1. The predicted octanol–water partition coefficient (Wildman–Crippen LogP) is 2.85. The van der Waals surface area contributed by atoms with Crippen LogP contribution in [0.4, 0.5) is 0 Å². The first kappa shape index (κ1) is 14.6. The van der Waals surface area contributed by atoms with Gasteiger partial charge in [0.25, 0.3) is 5.91 Å². The number of hydrogen-bond donors (Lipinski definition) is 2. The molecule has 2 N–H and O–H groups in total. The molecule has 1 aromatic carbocycles. The molecule has 1 aliphatic carbocycles. The summed E-state index contributed by atoms with van der Waals surface area (Å²) in [6, 6.07) is 6.60. The van der Waals surface area contributed by atoms with Crippen LogP contribution in [0.3, 0.4) is 0 Å². The quantitative estimate of drug-likeness (QED) is 0.842. The molecule has 2 rings (SSSR count). The van der Waals surface area contributed by atoms with E-state index in [2.05, 4.69) is 10.9 Å². The van der Waals surface area contributed by atoms with Crippen LogP contribution in [0, 0.1) is 5.41 Å². The lowest BCUT2D eigenvalue weighted by Gasteiger charge is -2.29. The Kier molecular flexibility index (Phi) is 4.14. The first-order valence-corrected chi connectivity index (χ1v) is 6.79. The highest BCUT2D eigenvalue weighted by molar-refractivity contribution is 6.30. The summed E-state index contributed by atoms with van der Waals surface area (Å²) < 4.78 is 0. The average Bonchev–Trinajstić information content (AvgIpc) is 2.34. The van der Waals surface area contributed by atoms with E-state index >= 15 is 0 Å². The van der Waals surface area contributed by atoms with Crippen LogP contribution in [0.2, 0.25) is 5.02 Å². The number of halogens is 1. The van der Waals surface area contributed by atoms with Gasteiger partial charge in [0, 0.05) is 28.8 Å². The molecule has 0 aromatic heterocycles. The van der Waals surface area contributed by atoms with Crippen LogP contribution < -0.4 is 10.9 Å². The maximum absolute atomic E-state index is 11.9. The second kappa shape index (κ2) is 5.67. The third kappa shape index (κ3) is 3.84. The minimum Gasteiger partial charge on any atom is -0.302 e. The number of carbonyl (C=O) groups excluding carboxylic acids is 2. The van der Waals surface area contributed by atoms with Gasteiger partial charge in [-0.3, -0.25) is 15.0 Å². The number of hydrazine groups is 1. The van der Waals surface area contributed by atoms with Crippen molar-refractivity contribution in [1.29, 1.82) is 0 Å². The molecule has 0 saturated heterocycles. The molecule has 106 valence electrons. The summed E-state index contributed by atoms with van der Waals surface area (Å²) in [5.41, 5.74) is 6.57. The van der Waals surface area contributed by atoms with E-state index in [0.29, 0.717) is 17.0 Å². The highest BCUT2D eigenvalue weighted by Gasteiger charge is 2.27. The lowest BCUT2D eigenvalue weighted by atomic mass is 9.79. The lowest BCUT2D eigenvalue weighted by Crippen LogP contribution is -2.39. The van der Waals surface area contributed by atoms with Gasteiger partial charge in [0.2, 0.25) is 0 Å². The van der Waals surface area contributed by atoms with E-state index in [9.17, 15) is 9.59 Å². The van der Waals surface area contributed by atoms with Crippen LogP contribution in [0.15, 0.2) is 36.0 Å². The zero-order chi connectivity index (χ0) is 14.8. The fraction of sp³-hybridized carbons (Fsp3) is 0.333. The van der Waals surface area contributed by atoms with Crippen LogP contribution >= 0.6 is 11.6 Å². The van der Waals surface area contributed by atoms with Gasteiger partial charge < -0.3 is 5.43 Å². The minimum absolute atomic E-state index is 0.0736. The molecule has 0 spiro atoms. The van der Waals surface area contributed by atoms with Crippen molar-refractivity contribution in [2.45, 2.75) is 26.7 Å².